The highest BCUT2D eigenvalue weighted by Crippen LogP contribution is 2.14. The third-order valence-corrected chi connectivity index (χ3v) is 1.86. The zero-order valence-electron chi connectivity index (χ0n) is 7.90. The largest absolute Gasteiger partial charge is 0.399 e. The number of H-pyrrole nitrogens is 1. The first-order chi connectivity index (χ1) is 7.24. The Morgan fingerprint density at radius 1 is 1.27 bits per heavy atom. The molecular formula is C10H10N4O. The van der Waals surface area contributed by atoms with Crippen molar-refractivity contribution in [1.29, 1.82) is 0 Å². The first-order valence-electron chi connectivity index (χ1n) is 4.41. The third kappa shape index (κ3) is 2.34. The molecule has 1 heterocycles. The van der Waals surface area contributed by atoms with E-state index in [1.54, 1.807) is 12.1 Å². The standard InChI is InChI=1S/C10H10N4O/c11-7-1-3-8(4-2-7)14-9-5-10(15)13-6-12-9/h1-6H,11H2,(H2,12,13,14,15). The number of benzene rings is 1. The van der Waals surface area contributed by atoms with Crippen molar-refractivity contribution in [1.82, 2.24) is 9.97 Å². The van der Waals surface area contributed by atoms with Gasteiger partial charge in [0, 0.05) is 17.4 Å². The van der Waals surface area contributed by atoms with E-state index in [9.17, 15) is 4.79 Å². The maximum atomic E-state index is 11.0. The van der Waals surface area contributed by atoms with Gasteiger partial charge in [-0.15, -0.1) is 0 Å². The molecule has 0 aliphatic rings. The molecule has 0 saturated carbocycles. The van der Waals surface area contributed by atoms with Crippen molar-refractivity contribution in [2.75, 3.05) is 11.1 Å². The topological polar surface area (TPSA) is 83.8 Å². The van der Waals surface area contributed by atoms with E-state index in [1.807, 2.05) is 12.1 Å². The molecule has 0 radical (unpaired) electrons. The predicted molar refractivity (Wildman–Crippen MR) is 59.0 cm³/mol. The molecule has 4 N–H and O–H groups in total. The molecule has 15 heavy (non-hydrogen) atoms. The van der Waals surface area contributed by atoms with Gasteiger partial charge in [-0.05, 0) is 24.3 Å². The van der Waals surface area contributed by atoms with Crippen LogP contribution in [-0.4, -0.2) is 9.97 Å². The quantitative estimate of drug-likeness (QED) is 0.636. The molecule has 1 aromatic heterocycles. The van der Waals surface area contributed by atoms with Crippen molar-refractivity contribution in [3.05, 3.63) is 47.0 Å². The van der Waals surface area contributed by atoms with Crippen LogP contribution >= 0.6 is 0 Å². The summed E-state index contributed by atoms with van der Waals surface area (Å²) in [6, 6.07) is 8.57. The van der Waals surface area contributed by atoms with Crippen molar-refractivity contribution in [3.63, 3.8) is 0 Å². The van der Waals surface area contributed by atoms with Crippen LogP contribution in [0, 0.1) is 0 Å². The third-order valence-electron chi connectivity index (χ3n) is 1.86. The van der Waals surface area contributed by atoms with E-state index >= 15 is 0 Å². The molecule has 5 nitrogen and oxygen atoms in total. The van der Waals surface area contributed by atoms with E-state index in [0.29, 0.717) is 11.5 Å². The van der Waals surface area contributed by atoms with E-state index in [4.69, 9.17) is 5.73 Å². The average Bonchev–Trinajstić information content (AvgIpc) is 2.22. The highest BCUT2D eigenvalue weighted by Gasteiger charge is 1.95. The van der Waals surface area contributed by atoms with Gasteiger partial charge in [0.1, 0.15) is 5.82 Å². The lowest BCUT2D eigenvalue weighted by Gasteiger charge is -2.04. The SMILES string of the molecule is Nc1ccc(Nc2cc(=O)[nH]cn2)cc1. The lowest BCUT2D eigenvalue weighted by Crippen LogP contribution is -2.06. The molecule has 0 spiro atoms. The summed E-state index contributed by atoms with van der Waals surface area (Å²) in [5, 5.41) is 2.99. The van der Waals surface area contributed by atoms with Gasteiger partial charge >= 0.3 is 0 Å². The number of anilines is 3. The molecule has 0 unspecified atom stereocenters. The van der Waals surface area contributed by atoms with Crippen molar-refractivity contribution >= 4 is 17.2 Å². The lowest BCUT2D eigenvalue weighted by molar-refractivity contribution is 1.12. The summed E-state index contributed by atoms with van der Waals surface area (Å²) in [7, 11) is 0. The fraction of sp³-hybridized carbons (Fsp3) is 0. The number of nitrogens with zero attached hydrogens (tertiary/aromatic N) is 1. The van der Waals surface area contributed by atoms with Gasteiger partial charge in [-0.2, -0.15) is 0 Å². The number of aromatic amines is 1. The second-order valence-corrected chi connectivity index (χ2v) is 3.04. The molecule has 5 heteroatoms. The van der Waals surface area contributed by atoms with Gasteiger partial charge in [0.15, 0.2) is 0 Å². The lowest BCUT2D eigenvalue weighted by atomic mass is 10.3. The van der Waals surface area contributed by atoms with Gasteiger partial charge in [-0.3, -0.25) is 4.79 Å². The Morgan fingerprint density at radius 2 is 2.00 bits per heavy atom. The number of nitrogens with two attached hydrogens (primary N) is 1. The van der Waals surface area contributed by atoms with Gasteiger partial charge < -0.3 is 16.0 Å². The Hall–Kier alpha value is -2.30. The number of hydrogen-bond acceptors (Lipinski definition) is 4. The molecule has 0 aliphatic heterocycles. The second kappa shape index (κ2) is 3.83. The van der Waals surface area contributed by atoms with Crippen LogP contribution < -0.4 is 16.6 Å². The molecule has 2 aromatic rings. The van der Waals surface area contributed by atoms with Gasteiger partial charge in [0.2, 0.25) is 0 Å². The van der Waals surface area contributed by atoms with Crippen molar-refractivity contribution in [2.24, 2.45) is 0 Å². The monoisotopic (exact) mass is 202 g/mol. The fourth-order valence-electron chi connectivity index (χ4n) is 1.15. The maximum absolute atomic E-state index is 11.0. The normalized spacial score (nSPS) is 9.87. The second-order valence-electron chi connectivity index (χ2n) is 3.04. The van der Waals surface area contributed by atoms with Crippen molar-refractivity contribution in [2.45, 2.75) is 0 Å². The predicted octanol–water partition coefficient (Wildman–Crippen LogP) is 1.10. The van der Waals surface area contributed by atoms with Crippen LogP contribution in [0.5, 0.6) is 0 Å². The summed E-state index contributed by atoms with van der Waals surface area (Å²) in [5.74, 6) is 0.503. The molecule has 0 amide bonds. The van der Waals surface area contributed by atoms with Crippen LogP contribution in [0.15, 0.2) is 41.5 Å². The Bertz CT molecular complexity index is 503. The van der Waals surface area contributed by atoms with E-state index in [1.165, 1.54) is 12.4 Å². The average molecular weight is 202 g/mol. The van der Waals surface area contributed by atoms with E-state index in [-0.39, 0.29) is 5.56 Å². The minimum absolute atomic E-state index is 0.192. The molecule has 0 atom stereocenters. The number of rotatable bonds is 2. The van der Waals surface area contributed by atoms with Gasteiger partial charge in [-0.25, -0.2) is 4.98 Å². The molecule has 76 valence electrons. The molecule has 2 rings (SSSR count). The number of nitrogens with one attached hydrogen (secondary N) is 2. The summed E-state index contributed by atoms with van der Waals surface area (Å²) in [6.07, 6.45) is 1.35. The van der Waals surface area contributed by atoms with E-state index < -0.39 is 0 Å². The van der Waals surface area contributed by atoms with Gasteiger partial charge in [0.25, 0.3) is 5.56 Å². The van der Waals surface area contributed by atoms with Gasteiger partial charge in [0.05, 0.1) is 6.33 Å². The number of hydrogen-bond donors (Lipinski definition) is 3. The van der Waals surface area contributed by atoms with Crippen LogP contribution in [-0.2, 0) is 0 Å². The molecule has 0 aliphatic carbocycles. The summed E-state index contributed by atoms with van der Waals surface area (Å²) in [5.41, 5.74) is 6.88. The zero-order chi connectivity index (χ0) is 10.7. The van der Waals surface area contributed by atoms with Crippen LogP contribution in [0.2, 0.25) is 0 Å². The smallest absolute Gasteiger partial charge is 0.252 e. The highest BCUT2D eigenvalue weighted by molar-refractivity contribution is 5.58. The van der Waals surface area contributed by atoms with Crippen molar-refractivity contribution in [3.8, 4) is 0 Å². The molecule has 0 fully saturated rings. The van der Waals surface area contributed by atoms with E-state index in [2.05, 4.69) is 15.3 Å². The summed E-state index contributed by atoms with van der Waals surface area (Å²) in [4.78, 5) is 17.4. The number of aromatic nitrogens is 2. The van der Waals surface area contributed by atoms with E-state index in [0.717, 1.165) is 5.69 Å². The zero-order valence-corrected chi connectivity index (χ0v) is 7.90. The molecule has 0 bridgehead atoms. The molecule has 1 aromatic carbocycles. The minimum atomic E-state index is -0.192. The highest BCUT2D eigenvalue weighted by atomic mass is 16.1. The van der Waals surface area contributed by atoms with Gasteiger partial charge in [-0.1, -0.05) is 0 Å². The Kier molecular flexibility index (Phi) is 2.37. The van der Waals surface area contributed by atoms with Crippen LogP contribution in [0.3, 0.4) is 0 Å². The Morgan fingerprint density at radius 3 is 2.67 bits per heavy atom. The first kappa shape index (κ1) is 9.26. The number of nitrogen functional groups attached to an aromatic ring is 1. The molecule has 0 saturated heterocycles. The minimum Gasteiger partial charge on any atom is -0.399 e. The van der Waals surface area contributed by atoms with Crippen LogP contribution in [0.1, 0.15) is 0 Å². The summed E-state index contributed by atoms with van der Waals surface area (Å²) < 4.78 is 0. The summed E-state index contributed by atoms with van der Waals surface area (Å²) in [6.45, 7) is 0. The first-order valence-corrected chi connectivity index (χ1v) is 4.41. The summed E-state index contributed by atoms with van der Waals surface area (Å²) >= 11 is 0. The van der Waals surface area contributed by atoms with Crippen molar-refractivity contribution < 1.29 is 0 Å². The maximum Gasteiger partial charge on any atom is 0.252 e. The van der Waals surface area contributed by atoms with Crippen LogP contribution in [0.4, 0.5) is 17.2 Å². The van der Waals surface area contributed by atoms with Crippen LogP contribution in [0.25, 0.3) is 0 Å². The fourth-order valence-corrected chi connectivity index (χ4v) is 1.15. The molecular weight excluding hydrogens is 192 g/mol. The Balaban J connectivity index is 2.22. The Labute approximate surface area is 86.0 Å².